The van der Waals surface area contributed by atoms with Gasteiger partial charge in [0.1, 0.15) is 0 Å². The number of hydrogen-bond donors (Lipinski definition) is 3. The summed E-state index contributed by atoms with van der Waals surface area (Å²) in [6, 6.07) is 0.206. The predicted octanol–water partition coefficient (Wildman–Crippen LogP) is -0.280. The molecule has 0 aliphatic heterocycles. The van der Waals surface area contributed by atoms with Crippen molar-refractivity contribution in [2.24, 2.45) is 11.5 Å². The molecule has 1 amide bonds. The summed E-state index contributed by atoms with van der Waals surface area (Å²) in [5, 5.41) is 2.92. The molecule has 1 fully saturated rings. The second-order valence-corrected chi connectivity index (χ2v) is 3.91. The quantitative estimate of drug-likeness (QED) is 0.553. The number of carbonyl (C=O) groups is 1. The van der Waals surface area contributed by atoms with Crippen LogP contribution in [-0.2, 0) is 4.79 Å². The zero-order valence-electron chi connectivity index (χ0n) is 8.12. The summed E-state index contributed by atoms with van der Waals surface area (Å²) < 4.78 is 0. The molecule has 0 radical (unpaired) electrons. The average Bonchev–Trinajstić information content (AvgIpc) is 2.08. The lowest BCUT2D eigenvalue weighted by atomic mass is 9.92. The highest BCUT2D eigenvalue weighted by atomic mass is 16.2. The number of rotatable bonds is 2. The smallest absolute Gasteiger partial charge is 0.236 e. The Labute approximate surface area is 79.0 Å². The Morgan fingerprint density at radius 2 is 1.92 bits per heavy atom. The molecule has 1 aliphatic carbocycles. The molecule has 1 saturated carbocycles. The highest BCUT2D eigenvalue weighted by Gasteiger charge is 2.20. The van der Waals surface area contributed by atoms with Gasteiger partial charge in [-0.1, -0.05) is 0 Å². The second-order valence-electron chi connectivity index (χ2n) is 3.91. The minimum atomic E-state index is -0.407. The van der Waals surface area contributed by atoms with Crippen molar-refractivity contribution in [2.75, 3.05) is 0 Å². The summed E-state index contributed by atoms with van der Waals surface area (Å²) >= 11 is 0. The zero-order chi connectivity index (χ0) is 9.84. The maximum Gasteiger partial charge on any atom is 0.236 e. The standard InChI is InChI=1S/C9H19N3O/c1-6(10)9(13)12-8-4-2-7(11)3-5-8/h6-8H,2-5,10-11H2,1H3,(H,12,13)/t6-,7?,8?/m1/s1. The predicted molar refractivity (Wildman–Crippen MR) is 52.0 cm³/mol. The minimum Gasteiger partial charge on any atom is -0.352 e. The van der Waals surface area contributed by atoms with Gasteiger partial charge in [-0.05, 0) is 32.6 Å². The molecule has 4 nitrogen and oxygen atoms in total. The molecule has 5 N–H and O–H groups in total. The fourth-order valence-electron chi connectivity index (χ4n) is 1.60. The van der Waals surface area contributed by atoms with Crippen molar-refractivity contribution in [1.82, 2.24) is 5.32 Å². The summed E-state index contributed by atoms with van der Waals surface area (Å²) in [4.78, 5) is 11.2. The number of hydrogen-bond acceptors (Lipinski definition) is 3. The number of nitrogens with two attached hydrogens (primary N) is 2. The lowest BCUT2D eigenvalue weighted by Gasteiger charge is -2.27. The number of carbonyl (C=O) groups excluding carboxylic acids is 1. The third-order valence-corrected chi connectivity index (χ3v) is 2.53. The Bertz CT molecular complexity index is 174. The summed E-state index contributed by atoms with van der Waals surface area (Å²) in [5.41, 5.74) is 11.2. The Balaban J connectivity index is 2.26. The minimum absolute atomic E-state index is 0.0551. The first-order valence-corrected chi connectivity index (χ1v) is 4.91. The van der Waals surface area contributed by atoms with E-state index >= 15 is 0 Å². The van der Waals surface area contributed by atoms with E-state index < -0.39 is 6.04 Å². The van der Waals surface area contributed by atoms with Crippen LogP contribution in [0, 0.1) is 0 Å². The largest absolute Gasteiger partial charge is 0.352 e. The van der Waals surface area contributed by atoms with Gasteiger partial charge in [0, 0.05) is 12.1 Å². The Kier molecular flexibility index (Phi) is 3.69. The van der Waals surface area contributed by atoms with E-state index in [1.807, 2.05) is 0 Å². The van der Waals surface area contributed by atoms with Gasteiger partial charge in [0.05, 0.1) is 6.04 Å². The van der Waals surface area contributed by atoms with Gasteiger partial charge in [-0.2, -0.15) is 0 Å². The maximum atomic E-state index is 11.2. The third-order valence-electron chi connectivity index (χ3n) is 2.53. The van der Waals surface area contributed by atoms with Crippen molar-refractivity contribution in [1.29, 1.82) is 0 Å². The maximum absolute atomic E-state index is 11.2. The lowest BCUT2D eigenvalue weighted by molar-refractivity contribution is -0.122. The van der Waals surface area contributed by atoms with E-state index in [1.54, 1.807) is 6.92 Å². The normalized spacial score (nSPS) is 31.0. The number of amides is 1. The van der Waals surface area contributed by atoms with E-state index in [4.69, 9.17) is 11.5 Å². The van der Waals surface area contributed by atoms with Crippen molar-refractivity contribution >= 4 is 5.91 Å². The molecule has 0 bridgehead atoms. The van der Waals surface area contributed by atoms with Crippen LogP contribution < -0.4 is 16.8 Å². The second kappa shape index (κ2) is 4.58. The van der Waals surface area contributed by atoms with Gasteiger partial charge >= 0.3 is 0 Å². The molecule has 1 atom stereocenters. The molecule has 1 rings (SSSR count). The highest BCUT2D eigenvalue weighted by Crippen LogP contribution is 2.16. The molecule has 0 heterocycles. The molecule has 0 aromatic rings. The van der Waals surface area contributed by atoms with Crippen LogP contribution in [0.25, 0.3) is 0 Å². The van der Waals surface area contributed by atoms with Gasteiger partial charge in [-0.25, -0.2) is 0 Å². The van der Waals surface area contributed by atoms with Crippen molar-refractivity contribution in [3.63, 3.8) is 0 Å². The van der Waals surface area contributed by atoms with Gasteiger partial charge in [0.2, 0.25) is 5.91 Å². The summed E-state index contributed by atoms with van der Waals surface area (Å²) in [7, 11) is 0. The fourth-order valence-corrected chi connectivity index (χ4v) is 1.60. The third kappa shape index (κ3) is 3.32. The van der Waals surface area contributed by atoms with Crippen LogP contribution in [0.15, 0.2) is 0 Å². The summed E-state index contributed by atoms with van der Waals surface area (Å²) in [6.45, 7) is 1.70. The van der Waals surface area contributed by atoms with Gasteiger partial charge in [-0.3, -0.25) is 4.79 Å². The van der Waals surface area contributed by atoms with Crippen molar-refractivity contribution in [3.05, 3.63) is 0 Å². The molecule has 0 aromatic carbocycles. The molecule has 0 aromatic heterocycles. The van der Waals surface area contributed by atoms with Crippen molar-refractivity contribution in [2.45, 2.75) is 50.7 Å². The molecule has 1 aliphatic rings. The topological polar surface area (TPSA) is 81.1 Å². The first kappa shape index (κ1) is 10.5. The van der Waals surface area contributed by atoms with Crippen LogP contribution in [0.5, 0.6) is 0 Å². The van der Waals surface area contributed by atoms with E-state index in [1.165, 1.54) is 0 Å². The van der Waals surface area contributed by atoms with Crippen molar-refractivity contribution in [3.8, 4) is 0 Å². The zero-order valence-corrected chi connectivity index (χ0v) is 8.12. The van der Waals surface area contributed by atoms with Crippen LogP contribution in [0.4, 0.5) is 0 Å². The first-order valence-electron chi connectivity index (χ1n) is 4.91. The SMILES string of the molecule is C[C@@H](N)C(=O)NC1CCC(N)CC1. The molecular weight excluding hydrogens is 166 g/mol. The van der Waals surface area contributed by atoms with Crippen LogP contribution in [0.2, 0.25) is 0 Å². The Hall–Kier alpha value is -0.610. The molecule has 0 spiro atoms. The molecular formula is C9H19N3O. The number of nitrogens with one attached hydrogen (secondary N) is 1. The molecule has 0 saturated heterocycles. The van der Waals surface area contributed by atoms with Crippen LogP contribution in [0.3, 0.4) is 0 Å². The van der Waals surface area contributed by atoms with Gasteiger partial charge in [-0.15, -0.1) is 0 Å². The van der Waals surface area contributed by atoms with E-state index in [0.717, 1.165) is 25.7 Å². The van der Waals surface area contributed by atoms with E-state index in [2.05, 4.69) is 5.32 Å². The van der Waals surface area contributed by atoms with Gasteiger partial charge in [0.25, 0.3) is 0 Å². The monoisotopic (exact) mass is 185 g/mol. The highest BCUT2D eigenvalue weighted by molar-refractivity contribution is 5.81. The summed E-state index contributed by atoms with van der Waals surface area (Å²) in [6.07, 6.45) is 3.98. The van der Waals surface area contributed by atoms with Crippen LogP contribution >= 0.6 is 0 Å². The lowest BCUT2D eigenvalue weighted by Crippen LogP contribution is -2.46. The van der Waals surface area contributed by atoms with E-state index in [0.29, 0.717) is 12.1 Å². The molecule has 0 unspecified atom stereocenters. The summed E-state index contributed by atoms with van der Waals surface area (Å²) in [5.74, 6) is -0.0551. The Morgan fingerprint density at radius 3 is 2.38 bits per heavy atom. The average molecular weight is 185 g/mol. The Morgan fingerprint density at radius 1 is 1.38 bits per heavy atom. The molecule has 4 heteroatoms. The van der Waals surface area contributed by atoms with Crippen LogP contribution in [-0.4, -0.2) is 24.0 Å². The van der Waals surface area contributed by atoms with Gasteiger partial charge < -0.3 is 16.8 Å². The first-order chi connectivity index (χ1) is 6.09. The van der Waals surface area contributed by atoms with Gasteiger partial charge in [0.15, 0.2) is 0 Å². The van der Waals surface area contributed by atoms with E-state index in [-0.39, 0.29) is 5.91 Å². The van der Waals surface area contributed by atoms with Crippen molar-refractivity contribution < 1.29 is 4.79 Å². The molecule has 13 heavy (non-hydrogen) atoms. The van der Waals surface area contributed by atoms with E-state index in [9.17, 15) is 4.79 Å². The molecule has 76 valence electrons. The van der Waals surface area contributed by atoms with Crippen LogP contribution in [0.1, 0.15) is 32.6 Å². The fraction of sp³-hybridized carbons (Fsp3) is 0.889.